The topological polar surface area (TPSA) is 63.6 Å². The molecule has 0 bridgehead atoms. The molecule has 1 rings (SSSR count). The number of hydrogen-bond acceptors (Lipinski definition) is 3. The summed E-state index contributed by atoms with van der Waals surface area (Å²) in [5.74, 6) is -0.867. The summed E-state index contributed by atoms with van der Waals surface area (Å²) in [5.41, 5.74) is 0.00139. The number of unbranched alkanes of at least 4 members (excludes halogenated alkanes) is 8. The van der Waals surface area contributed by atoms with Gasteiger partial charge in [0.25, 0.3) is 0 Å². The molecule has 1 atom stereocenters. The molecule has 166 valence electrons. The van der Waals surface area contributed by atoms with Gasteiger partial charge in [0.05, 0.1) is 5.03 Å². The molecular formula is C23H39ClO4Si. The van der Waals surface area contributed by atoms with Crippen LogP contribution in [0.3, 0.4) is 0 Å². The summed E-state index contributed by atoms with van der Waals surface area (Å²) in [6.45, 7) is 8.64. The summed E-state index contributed by atoms with van der Waals surface area (Å²) in [6.07, 6.45) is 15.1. The first-order valence-corrected chi connectivity index (χ1v) is 15.0. The minimum absolute atomic E-state index is 0.110. The molecule has 4 nitrogen and oxygen atoms in total. The van der Waals surface area contributed by atoms with Crippen LogP contribution in [0.25, 0.3) is 0 Å². The highest BCUT2D eigenvalue weighted by atomic mass is 35.5. The molecule has 1 aliphatic carbocycles. The van der Waals surface area contributed by atoms with E-state index in [1.54, 1.807) is 0 Å². The number of Topliss-reactive ketones (excluding diaryl/α,β-unsaturated/α-hetero) is 1. The molecule has 0 spiro atoms. The smallest absolute Gasteiger partial charge is 0.303 e. The van der Waals surface area contributed by atoms with Crippen molar-refractivity contribution in [1.29, 1.82) is 0 Å². The maximum Gasteiger partial charge on any atom is 0.303 e. The Morgan fingerprint density at radius 1 is 1.10 bits per heavy atom. The van der Waals surface area contributed by atoms with Gasteiger partial charge in [-0.1, -0.05) is 63.1 Å². The summed E-state index contributed by atoms with van der Waals surface area (Å²) in [7, 11) is -1.91. The van der Waals surface area contributed by atoms with Gasteiger partial charge in [0.2, 0.25) is 5.78 Å². The van der Waals surface area contributed by atoms with Crippen LogP contribution < -0.4 is 0 Å². The number of carbonyl (C=O) groups excluding carboxylic acids is 1. The first kappa shape index (κ1) is 26.1. The van der Waals surface area contributed by atoms with Gasteiger partial charge in [-0.2, -0.15) is 0 Å². The second-order valence-corrected chi connectivity index (χ2v) is 13.9. The molecule has 0 saturated heterocycles. The van der Waals surface area contributed by atoms with Crippen LogP contribution in [0.4, 0.5) is 0 Å². The number of allylic oxidation sites excluding steroid dienone is 2. The molecule has 1 N–H and O–H groups in total. The Labute approximate surface area is 182 Å². The maximum absolute atomic E-state index is 12.8. The predicted molar refractivity (Wildman–Crippen MR) is 123 cm³/mol. The van der Waals surface area contributed by atoms with E-state index in [1.807, 2.05) is 12.2 Å². The van der Waals surface area contributed by atoms with Crippen LogP contribution in [-0.2, 0) is 14.0 Å². The third kappa shape index (κ3) is 9.62. The van der Waals surface area contributed by atoms with E-state index < -0.39 is 19.9 Å². The van der Waals surface area contributed by atoms with Gasteiger partial charge in [-0.3, -0.25) is 9.59 Å². The maximum atomic E-state index is 12.8. The molecule has 29 heavy (non-hydrogen) atoms. The normalized spacial score (nSPS) is 21.1. The average Bonchev–Trinajstić information content (AvgIpc) is 2.83. The number of halogens is 1. The fraction of sp³-hybridized carbons (Fsp3) is 0.739. The molecule has 0 heterocycles. The second kappa shape index (κ2) is 12.7. The first-order chi connectivity index (χ1) is 13.6. The molecule has 6 heteroatoms. The molecule has 0 saturated carbocycles. The van der Waals surface area contributed by atoms with E-state index in [0.29, 0.717) is 12.0 Å². The van der Waals surface area contributed by atoms with Crippen molar-refractivity contribution in [1.82, 2.24) is 0 Å². The monoisotopic (exact) mass is 442 g/mol. The van der Waals surface area contributed by atoms with Crippen molar-refractivity contribution >= 4 is 31.7 Å². The minimum Gasteiger partial charge on any atom is -0.481 e. The number of carbonyl (C=O) groups is 2. The van der Waals surface area contributed by atoms with Crippen LogP contribution >= 0.6 is 11.6 Å². The molecule has 0 radical (unpaired) electrons. The van der Waals surface area contributed by atoms with Crippen molar-refractivity contribution in [3.05, 3.63) is 22.8 Å². The van der Waals surface area contributed by atoms with E-state index in [9.17, 15) is 9.59 Å². The highest BCUT2D eigenvalue weighted by molar-refractivity contribution is 6.70. The predicted octanol–water partition coefficient (Wildman–Crippen LogP) is 6.99. The Morgan fingerprint density at radius 3 is 2.34 bits per heavy atom. The number of rotatable bonds is 15. The van der Waals surface area contributed by atoms with Crippen molar-refractivity contribution in [3.63, 3.8) is 0 Å². The quantitative estimate of drug-likeness (QED) is 0.168. The van der Waals surface area contributed by atoms with Crippen LogP contribution in [0.5, 0.6) is 0 Å². The summed E-state index contributed by atoms with van der Waals surface area (Å²) < 4.78 is 6.59. The van der Waals surface area contributed by atoms with Gasteiger partial charge < -0.3 is 9.53 Å². The lowest BCUT2D eigenvalue weighted by molar-refractivity contribution is -0.137. The first-order valence-electron chi connectivity index (χ1n) is 11.2. The van der Waals surface area contributed by atoms with Gasteiger partial charge >= 0.3 is 5.97 Å². The number of carboxylic acid groups (broad SMARTS) is 1. The summed E-state index contributed by atoms with van der Waals surface area (Å²) in [4.78, 5) is 23.4. The zero-order chi connectivity index (χ0) is 21.9. The molecule has 0 amide bonds. The van der Waals surface area contributed by atoms with Crippen molar-refractivity contribution < 1.29 is 19.1 Å². The molecule has 0 aromatic carbocycles. The van der Waals surface area contributed by atoms with Crippen molar-refractivity contribution in [2.45, 2.75) is 109 Å². The Morgan fingerprint density at radius 2 is 1.72 bits per heavy atom. The van der Waals surface area contributed by atoms with Crippen LogP contribution in [-0.4, -0.2) is 30.8 Å². The number of aliphatic carboxylic acids is 1. The van der Waals surface area contributed by atoms with Crippen molar-refractivity contribution in [2.24, 2.45) is 0 Å². The van der Waals surface area contributed by atoms with Gasteiger partial charge in [-0.25, -0.2) is 0 Å². The number of carboxylic acids is 1. The third-order valence-corrected chi connectivity index (χ3v) is 6.37. The van der Waals surface area contributed by atoms with E-state index in [0.717, 1.165) is 38.5 Å². The van der Waals surface area contributed by atoms with Crippen LogP contribution in [0, 0.1) is 0 Å². The van der Waals surface area contributed by atoms with E-state index >= 15 is 0 Å². The molecule has 0 fully saturated rings. The fourth-order valence-electron chi connectivity index (χ4n) is 3.83. The molecule has 0 aromatic rings. The van der Waals surface area contributed by atoms with Gasteiger partial charge in [-0.05, 0) is 57.8 Å². The Hall–Kier alpha value is -0.913. The molecule has 1 unspecified atom stereocenters. The summed E-state index contributed by atoms with van der Waals surface area (Å²) >= 11 is 6.29. The van der Waals surface area contributed by atoms with Gasteiger partial charge in [0, 0.05) is 12.0 Å². The number of ketones is 1. The molecule has 0 aromatic heterocycles. The Balaban J connectivity index is 2.82. The van der Waals surface area contributed by atoms with E-state index in [2.05, 4.69) is 26.6 Å². The SMILES string of the molecule is CCCCCCCCC1(O[Si](C)(C)C)C=C(Cl)C(=O)/C1=C/CCCCCC(=O)O. The minimum atomic E-state index is -1.91. The van der Waals surface area contributed by atoms with E-state index in [4.69, 9.17) is 21.1 Å². The zero-order valence-electron chi connectivity index (χ0n) is 18.7. The van der Waals surface area contributed by atoms with Crippen molar-refractivity contribution in [3.8, 4) is 0 Å². The van der Waals surface area contributed by atoms with E-state index in [1.165, 1.54) is 25.7 Å². The summed E-state index contributed by atoms with van der Waals surface area (Å²) in [5, 5.41) is 9.01. The zero-order valence-corrected chi connectivity index (χ0v) is 20.4. The summed E-state index contributed by atoms with van der Waals surface area (Å²) in [6, 6.07) is 0. The fourth-order valence-corrected chi connectivity index (χ4v) is 5.48. The lowest BCUT2D eigenvalue weighted by Crippen LogP contribution is -2.42. The molecular weight excluding hydrogens is 404 g/mol. The van der Waals surface area contributed by atoms with Gasteiger partial charge in [0.1, 0.15) is 5.60 Å². The number of hydrogen-bond donors (Lipinski definition) is 1. The average molecular weight is 443 g/mol. The Kier molecular flexibility index (Phi) is 11.4. The van der Waals surface area contributed by atoms with Crippen LogP contribution in [0.15, 0.2) is 22.8 Å². The lowest BCUT2D eigenvalue weighted by atomic mass is 9.89. The standard InChI is InChI=1S/C23H39ClO4Si/c1-5-6-7-8-11-14-17-23(28-29(2,3)4)18-20(24)22(27)19(23)15-12-9-10-13-16-21(25)26/h15,18H,5-14,16-17H2,1-4H3,(H,25,26)/b19-15-. The molecule has 0 aliphatic heterocycles. The highest BCUT2D eigenvalue weighted by Gasteiger charge is 2.45. The third-order valence-electron chi connectivity index (χ3n) is 5.11. The van der Waals surface area contributed by atoms with Crippen LogP contribution in [0.2, 0.25) is 19.6 Å². The lowest BCUT2D eigenvalue weighted by Gasteiger charge is -2.36. The van der Waals surface area contributed by atoms with Crippen LogP contribution in [0.1, 0.15) is 84.0 Å². The Bertz CT molecular complexity index is 606. The van der Waals surface area contributed by atoms with Gasteiger partial charge in [0.15, 0.2) is 8.32 Å². The van der Waals surface area contributed by atoms with Crippen molar-refractivity contribution in [2.75, 3.05) is 0 Å². The van der Waals surface area contributed by atoms with E-state index in [-0.39, 0.29) is 17.2 Å². The largest absolute Gasteiger partial charge is 0.481 e. The highest BCUT2D eigenvalue weighted by Crippen LogP contribution is 2.42. The van der Waals surface area contributed by atoms with Gasteiger partial charge in [-0.15, -0.1) is 0 Å². The molecule has 1 aliphatic rings. The second-order valence-electron chi connectivity index (χ2n) is 9.05.